The van der Waals surface area contributed by atoms with Gasteiger partial charge in [0.05, 0.1) is 28.3 Å². The third-order valence-electron chi connectivity index (χ3n) is 3.86. The number of rotatable bonds is 5. The molecule has 7 heteroatoms. The van der Waals surface area contributed by atoms with E-state index in [2.05, 4.69) is 0 Å². The van der Waals surface area contributed by atoms with Crippen molar-refractivity contribution in [3.8, 4) is 5.75 Å². The van der Waals surface area contributed by atoms with E-state index < -0.39 is 17.6 Å². The highest BCUT2D eigenvalue weighted by Gasteiger charge is 2.40. The van der Waals surface area contributed by atoms with E-state index in [9.17, 15) is 14.0 Å². The number of hydrogen-bond acceptors (Lipinski definition) is 4. The van der Waals surface area contributed by atoms with Gasteiger partial charge in [0.1, 0.15) is 11.6 Å². The van der Waals surface area contributed by atoms with Crippen LogP contribution in [-0.2, 0) is 9.59 Å². The van der Waals surface area contributed by atoms with Crippen LogP contribution in [0.15, 0.2) is 47.4 Å². The van der Waals surface area contributed by atoms with E-state index in [1.807, 2.05) is 6.92 Å². The predicted molar refractivity (Wildman–Crippen MR) is 102 cm³/mol. The highest BCUT2D eigenvalue weighted by Crippen LogP contribution is 2.39. The van der Waals surface area contributed by atoms with Gasteiger partial charge in [0.2, 0.25) is 0 Å². The van der Waals surface area contributed by atoms with Crippen LogP contribution in [0.25, 0.3) is 5.57 Å². The summed E-state index contributed by atoms with van der Waals surface area (Å²) < 4.78 is 18.3. The van der Waals surface area contributed by atoms with Crippen LogP contribution < -0.4 is 9.64 Å². The molecule has 0 spiro atoms. The fourth-order valence-electron chi connectivity index (χ4n) is 2.69. The van der Waals surface area contributed by atoms with Crippen molar-refractivity contribution in [3.63, 3.8) is 0 Å². The van der Waals surface area contributed by atoms with Crippen molar-refractivity contribution in [2.75, 3.05) is 17.8 Å². The lowest BCUT2D eigenvalue weighted by Crippen LogP contribution is -2.31. The lowest BCUT2D eigenvalue weighted by Gasteiger charge is -2.16. The highest BCUT2D eigenvalue weighted by molar-refractivity contribution is 8.04. The zero-order valence-corrected chi connectivity index (χ0v) is 15.7. The van der Waals surface area contributed by atoms with Crippen LogP contribution in [0.3, 0.4) is 0 Å². The SMILES string of the molecule is CCSC1=C(c2ccc(F)cc2)C(=O)N(c2ccc(OC)c(Cl)c2)C1=O. The van der Waals surface area contributed by atoms with Crippen molar-refractivity contribution in [1.29, 1.82) is 0 Å². The molecule has 0 saturated carbocycles. The van der Waals surface area contributed by atoms with Crippen LogP contribution in [0, 0.1) is 5.82 Å². The van der Waals surface area contributed by atoms with Crippen molar-refractivity contribution in [2.45, 2.75) is 6.92 Å². The largest absolute Gasteiger partial charge is 0.495 e. The minimum Gasteiger partial charge on any atom is -0.495 e. The fourth-order valence-corrected chi connectivity index (χ4v) is 3.79. The van der Waals surface area contributed by atoms with Gasteiger partial charge in [-0.05, 0) is 41.6 Å². The van der Waals surface area contributed by atoms with Gasteiger partial charge < -0.3 is 4.74 Å². The molecule has 0 radical (unpaired) electrons. The molecule has 0 fully saturated rings. The smallest absolute Gasteiger partial charge is 0.272 e. The maximum absolute atomic E-state index is 13.2. The quantitative estimate of drug-likeness (QED) is 0.703. The van der Waals surface area contributed by atoms with Gasteiger partial charge in [-0.1, -0.05) is 30.7 Å². The first-order valence-corrected chi connectivity index (χ1v) is 9.19. The Balaban J connectivity index is 2.07. The second-order valence-corrected chi connectivity index (χ2v) is 7.09. The molecule has 1 aliphatic rings. The summed E-state index contributed by atoms with van der Waals surface area (Å²) in [6.07, 6.45) is 0. The molecule has 0 aliphatic carbocycles. The van der Waals surface area contributed by atoms with Crippen molar-refractivity contribution in [1.82, 2.24) is 0 Å². The molecule has 0 unspecified atom stereocenters. The molecule has 134 valence electrons. The molecule has 0 saturated heterocycles. The van der Waals surface area contributed by atoms with Gasteiger partial charge in [0.25, 0.3) is 11.8 Å². The minimum atomic E-state index is -0.459. The number of benzene rings is 2. The van der Waals surface area contributed by atoms with Crippen molar-refractivity contribution in [2.24, 2.45) is 0 Å². The van der Waals surface area contributed by atoms with Crippen LogP contribution in [0.1, 0.15) is 12.5 Å². The summed E-state index contributed by atoms with van der Waals surface area (Å²) in [5.41, 5.74) is 1.13. The summed E-state index contributed by atoms with van der Waals surface area (Å²) in [6.45, 7) is 1.89. The monoisotopic (exact) mass is 391 g/mol. The van der Waals surface area contributed by atoms with Crippen LogP contribution in [0.5, 0.6) is 5.75 Å². The maximum Gasteiger partial charge on any atom is 0.272 e. The number of thioether (sulfide) groups is 1. The second kappa shape index (κ2) is 7.51. The van der Waals surface area contributed by atoms with E-state index in [-0.39, 0.29) is 5.57 Å². The van der Waals surface area contributed by atoms with Gasteiger partial charge in [-0.15, -0.1) is 11.8 Å². The molecule has 2 aromatic carbocycles. The Morgan fingerprint density at radius 2 is 1.81 bits per heavy atom. The molecule has 0 bridgehead atoms. The summed E-state index contributed by atoms with van der Waals surface area (Å²) in [7, 11) is 1.48. The zero-order chi connectivity index (χ0) is 18.8. The molecule has 0 atom stereocenters. The lowest BCUT2D eigenvalue weighted by atomic mass is 10.1. The van der Waals surface area contributed by atoms with Gasteiger partial charge in [0.15, 0.2) is 0 Å². The Hall–Kier alpha value is -2.31. The number of carbonyl (C=O) groups excluding carboxylic acids is 2. The van der Waals surface area contributed by atoms with Gasteiger partial charge in [-0.2, -0.15) is 0 Å². The summed E-state index contributed by atoms with van der Waals surface area (Å²) in [4.78, 5) is 27.3. The van der Waals surface area contributed by atoms with E-state index in [1.165, 1.54) is 49.2 Å². The number of hydrogen-bond donors (Lipinski definition) is 0. The van der Waals surface area contributed by atoms with Gasteiger partial charge >= 0.3 is 0 Å². The number of ether oxygens (including phenoxy) is 1. The first-order chi connectivity index (χ1) is 12.5. The number of methoxy groups -OCH3 is 1. The third-order valence-corrected chi connectivity index (χ3v) is 5.11. The normalized spacial score (nSPS) is 14.4. The molecule has 2 aromatic rings. The Labute approximate surface area is 159 Å². The average molecular weight is 392 g/mol. The van der Waals surface area contributed by atoms with E-state index >= 15 is 0 Å². The van der Waals surface area contributed by atoms with Crippen LogP contribution in [0.2, 0.25) is 5.02 Å². The Bertz CT molecular complexity index is 912. The molecule has 3 rings (SSSR count). The summed E-state index contributed by atoms with van der Waals surface area (Å²) in [5.74, 6) is -0.212. The fraction of sp³-hybridized carbons (Fsp3) is 0.158. The molecule has 26 heavy (non-hydrogen) atoms. The molecular weight excluding hydrogens is 377 g/mol. The summed E-state index contributed by atoms with van der Waals surface area (Å²) in [5, 5.41) is 0.297. The Morgan fingerprint density at radius 1 is 1.12 bits per heavy atom. The first kappa shape index (κ1) is 18.5. The highest BCUT2D eigenvalue weighted by atomic mass is 35.5. The van der Waals surface area contributed by atoms with Gasteiger partial charge in [-0.25, -0.2) is 9.29 Å². The predicted octanol–water partition coefficient (Wildman–Crippen LogP) is 4.53. The number of amides is 2. The van der Waals surface area contributed by atoms with Gasteiger partial charge in [0, 0.05) is 0 Å². The maximum atomic E-state index is 13.2. The third kappa shape index (κ3) is 3.22. The van der Waals surface area contributed by atoms with Crippen molar-refractivity contribution in [3.05, 3.63) is 63.8 Å². The van der Waals surface area contributed by atoms with Crippen molar-refractivity contribution >= 4 is 46.4 Å². The molecule has 1 aliphatic heterocycles. The standard InChI is InChI=1S/C19H15ClFNO3S/c1-3-26-17-16(11-4-6-12(21)7-5-11)18(23)22(19(17)24)13-8-9-15(25-2)14(20)10-13/h4-10H,3H2,1-2H3. The van der Waals surface area contributed by atoms with E-state index in [0.717, 1.165) is 4.90 Å². The molecule has 0 N–H and O–H groups in total. The number of halogens is 2. The summed E-state index contributed by atoms with van der Waals surface area (Å²) >= 11 is 7.42. The Morgan fingerprint density at radius 3 is 2.38 bits per heavy atom. The minimum absolute atomic E-state index is 0.272. The van der Waals surface area contributed by atoms with Crippen LogP contribution in [-0.4, -0.2) is 24.7 Å². The molecule has 2 amide bonds. The number of carbonyl (C=O) groups is 2. The van der Waals surface area contributed by atoms with Crippen LogP contribution >= 0.6 is 23.4 Å². The Kier molecular flexibility index (Phi) is 5.34. The topological polar surface area (TPSA) is 46.6 Å². The second-order valence-electron chi connectivity index (χ2n) is 5.41. The molecular formula is C19H15ClFNO3S. The van der Waals surface area contributed by atoms with Crippen molar-refractivity contribution < 1.29 is 18.7 Å². The zero-order valence-electron chi connectivity index (χ0n) is 14.1. The lowest BCUT2D eigenvalue weighted by molar-refractivity contribution is -0.119. The number of imide groups is 1. The number of nitrogens with zero attached hydrogens (tertiary/aromatic N) is 1. The van der Waals surface area contributed by atoms with Crippen LogP contribution in [0.4, 0.5) is 10.1 Å². The average Bonchev–Trinajstić information content (AvgIpc) is 2.86. The number of anilines is 1. The van der Waals surface area contributed by atoms with E-state index in [0.29, 0.717) is 32.7 Å². The molecule has 4 nitrogen and oxygen atoms in total. The van der Waals surface area contributed by atoms with Gasteiger partial charge in [-0.3, -0.25) is 9.59 Å². The molecule has 1 heterocycles. The van der Waals surface area contributed by atoms with E-state index in [4.69, 9.17) is 16.3 Å². The molecule has 0 aromatic heterocycles. The van der Waals surface area contributed by atoms with E-state index in [1.54, 1.807) is 12.1 Å². The first-order valence-electron chi connectivity index (χ1n) is 7.83. The summed E-state index contributed by atoms with van der Waals surface area (Å²) in [6, 6.07) is 10.2.